The highest BCUT2D eigenvalue weighted by Gasteiger charge is 2.10. The highest BCUT2D eigenvalue weighted by Crippen LogP contribution is 2.31. The Kier molecular flexibility index (Phi) is 4.44. The number of hydrogen-bond donors (Lipinski definition) is 0. The van der Waals surface area contributed by atoms with Crippen LogP contribution in [-0.4, -0.2) is 13.2 Å². The molecule has 0 amide bonds. The Balaban J connectivity index is 3.18. The van der Waals surface area contributed by atoms with E-state index in [0.29, 0.717) is 17.1 Å². The summed E-state index contributed by atoms with van der Waals surface area (Å²) in [7, 11) is 1.58. The lowest BCUT2D eigenvalue weighted by Crippen LogP contribution is -2.13. The minimum Gasteiger partial charge on any atom is -0.872 e. The average molecular weight is 235 g/mol. The Hall–Kier alpha value is -1.64. The zero-order chi connectivity index (χ0) is 13.0. The van der Waals surface area contributed by atoms with Gasteiger partial charge in [-0.3, -0.25) is 0 Å². The maximum atomic E-state index is 11.5. The summed E-state index contributed by atoms with van der Waals surface area (Å²) in [5, 5.41) is 11.5. The maximum absolute atomic E-state index is 11.5. The molecule has 0 aliphatic rings. The Morgan fingerprint density at radius 1 is 1.41 bits per heavy atom. The fraction of sp³-hybridized carbons (Fsp3) is 0.429. The zero-order valence-corrected chi connectivity index (χ0v) is 10.9. The SMILES string of the molecule is C=C([O-])c1cc(OC)c(C)cc1OC(C)CC. The van der Waals surface area contributed by atoms with E-state index in [0.717, 1.165) is 12.0 Å². The fourth-order valence-corrected chi connectivity index (χ4v) is 1.50. The van der Waals surface area contributed by atoms with Gasteiger partial charge >= 0.3 is 0 Å². The van der Waals surface area contributed by atoms with Crippen LogP contribution in [0.3, 0.4) is 0 Å². The summed E-state index contributed by atoms with van der Waals surface area (Å²) in [5.41, 5.74) is 1.41. The van der Waals surface area contributed by atoms with E-state index >= 15 is 0 Å². The third kappa shape index (κ3) is 3.16. The van der Waals surface area contributed by atoms with Gasteiger partial charge in [0.2, 0.25) is 0 Å². The van der Waals surface area contributed by atoms with E-state index in [1.54, 1.807) is 13.2 Å². The Bertz CT molecular complexity index is 410. The third-order valence-corrected chi connectivity index (χ3v) is 2.70. The smallest absolute Gasteiger partial charge is 0.126 e. The van der Waals surface area contributed by atoms with E-state index in [4.69, 9.17) is 9.47 Å². The molecule has 0 N–H and O–H groups in total. The summed E-state index contributed by atoms with van der Waals surface area (Å²) in [6.45, 7) is 9.35. The summed E-state index contributed by atoms with van der Waals surface area (Å²) >= 11 is 0. The van der Waals surface area contributed by atoms with Crippen molar-refractivity contribution in [2.24, 2.45) is 0 Å². The molecule has 0 heterocycles. The molecule has 0 radical (unpaired) electrons. The van der Waals surface area contributed by atoms with Gasteiger partial charge in [0.25, 0.3) is 0 Å². The molecule has 0 spiro atoms. The van der Waals surface area contributed by atoms with Crippen LogP contribution in [-0.2, 0) is 0 Å². The Morgan fingerprint density at radius 2 is 2.06 bits per heavy atom. The highest BCUT2D eigenvalue weighted by molar-refractivity contribution is 5.65. The predicted molar refractivity (Wildman–Crippen MR) is 67.1 cm³/mol. The molecule has 0 saturated carbocycles. The van der Waals surface area contributed by atoms with Crippen molar-refractivity contribution < 1.29 is 14.6 Å². The van der Waals surface area contributed by atoms with Gasteiger partial charge in [-0.2, -0.15) is 0 Å². The van der Waals surface area contributed by atoms with Crippen LogP contribution in [0.5, 0.6) is 11.5 Å². The minimum atomic E-state index is -0.262. The molecule has 94 valence electrons. The number of rotatable bonds is 5. The van der Waals surface area contributed by atoms with Crippen LogP contribution < -0.4 is 14.6 Å². The number of ether oxygens (including phenoxy) is 2. The van der Waals surface area contributed by atoms with Gasteiger partial charge in [0, 0.05) is 5.56 Å². The molecule has 1 rings (SSSR count). The molecule has 0 saturated heterocycles. The van der Waals surface area contributed by atoms with Crippen molar-refractivity contribution in [1.29, 1.82) is 0 Å². The molecule has 3 heteroatoms. The maximum Gasteiger partial charge on any atom is 0.126 e. The monoisotopic (exact) mass is 235 g/mol. The van der Waals surface area contributed by atoms with Gasteiger partial charge in [-0.25, -0.2) is 0 Å². The fourth-order valence-electron chi connectivity index (χ4n) is 1.50. The first-order valence-corrected chi connectivity index (χ1v) is 5.71. The molecule has 0 bridgehead atoms. The molecule has 1 unspecified atom stereocenters. The molecule has 0 fully saturated rings. The second-order valence-electron chi connectivity index (χ2n) is 4.08. The van der Waals surface area contributed by atoms with E-state index in [-0.39, 0.29) is 11.9 Å². The Labute approximate surface area is 103 Å². The van der Waals surface area contributed by atoms with Gasteiger partial charge in [0.15, 0.2) is 0 Å². The van der Waals surface area contributed by atoms with E-state index in [1.165, 1.54) is 0 Å². The normalized spacial score (nSPS) is 12.0. The summed E-state index contributed by atoms with van der Waals surface area (Å²) in [5.74, 6) is 0.993. The van der Waals surface area contributed by atoms with Gasteiger partial charge in [-0.1, -0.05) is 6.92 Å². The lowest BCUT2D eigenvalue weighted by molar-refractivity contribution is -0.243. The Morgan fingerprint density at radius 3 is 2.53 bits per heavy atom. The van der Waals surface area contributed by atoms with Crippen LogP contribution >= 0.6 is 0 Å². The molecule has 3 nitrogen and oxygen atoms in total. The number of methoxy groups -OCH3 is 1. The van der Waals surface area contributed by atoms with Crippen molar-refractivity contribution in [2.75, 3.05) is 7.11 Å². The van der Waals surface area contributed by atoms with Crippen molar-refractivity contribution in [3.05, 3.63) is 29.8 Å². The van der Waals surface area contributed by atoms with Crippen molar-refractivity contribution in [1.82, 2.24) is 0 Å². The largest absolute Gasteiger partial charge is 0.872 e. The summed E-state index contributed by atoms with van der Waals surface area (Å²) in [6.07, 6.45) is 0.955. The topological polar surface area (TPSA) is 41.5 Å². The first-order valence-electron chi connectivity index (χ1n) is 5.71. The summed E-state index contributed by atoms with van der Waals surface area (Å²) < 4.78 is 10.9. The van der Waals surface area contributed by atoms with Crippen LogP contribution in [0.4, 0.5) is 0 Å². The number of benzene rings is 1. The summed E-state index contributed by atoms with van der Waals surface area (Å²) in [6, 6.07) is 3.51. The van der Waals surface area contributed by atoms with Gasteiger partial charge in [-0.15, -0.1) is 12.3 Å². The van der Waals surface area contributed by atoms with Crippen LogP contribution in [0.15, 0.2) is 18.7 Å². The predicted octanol–water partition coefficient (Wildman–Crippen LogP) is 2.51. The van der Waals surface area contributed by atoms with Crippen LogP contribution in [0.1, 0.15) is 31.4 Å². The van der Waals surface area contributed by atoms with Gasteiger partial charge in [-0.05, 0) is 38.0 Å². The van der Waals surface area contributed by atoms with E-state index in [9.17, 15) is 5.11 Å². The van der Waals surface area contributed by atoms with Crippen molar-refractivity contribution in [2.45, 2.75) is 33.3 Å². The molecule has 0 aromatic heterocycles. The molecule has 17 heavy (non-hydrogen) atoms. The van der Waals surface area contributed by atoms with Gasteiger partial charge in [0.05, 0.1) is 13.2 Å². The number of aryl methyl sites for hydroxylation is 1. The zero-order valence-electron chi connectivity index (χ0n) is 10.9. The molecule has 1 atom stereocenters. The standard InChI is InChI=1S/C14H20O3/c1-6-10(3)17-14-7-9(2)13(16-5)8-12(14)11(4)15/h7-8,10,15H,4,6H2,1-3,5H3/p-1. The molecule has 1 aromatic carbocycles. The van der Waals surface area contributed by atoms with E-state index in [2.05, 4.69) is 6.58 Å². The third-order valence-electron chi connectivity index (χ3n) is 2.70. The lowest BCUT2D eigenvalue weighted by Gasteiger charge is -2.21. The molecular formula is C14H19O3-. The minimum absolute atomic E-state index is 0.0703. The second-order valence-corrected chi connectivity index (χ2v) is 4.08. The molecule has 0 aliphatic carbocycles. The molecular weight excluding hydrogens is 216 g/mol. The van der Waals surface area contributed by atoms with Crippen LogP contribution in [0.25, 0.3) is 5.76 Å². The van der Waals surface area contributed by atoms with Gasteiger partial charge < -0.3 is 14.6 Å². The van der Waals surface area contributed by atoms with E-state index in [1.807, 2.05) is 26.8 Å². The first-order chi connectivity index (χ1) is 7.99. The lowest BCUT2D eigenvalue weighted by atomic mass is 10.1. The molecule has 0 aliphatic heterocycles. The first kappa shape index (κ1) is 13.4. The van der Waals surface area contributed by atoms with Crippen molar-refractivity contribution in [3.8, 4) is 11.5 Å². The van der Waals surface area contributed by atoms with Gasteiger partial charge in [0.1, 0.15) is 11.5 Å². The quantitative estimate of drug-likeness (QED) is 0.736. The summed E-state index contributed by atoms with van der Waals surface area (Å²) in [4.78, 5) is 0. The van der Waals surface area contributed by atoms with Crippen LogP contribution in [0.2, 0.25) is 0 Å². The average Bonchev–Trinajstić information content (AvgIpc) is 2.28. The van der Waals surface area contributed by atoms with Crippen molar-refractivity contribution in [3.63, 3.8) is 0 Å². The van der Waals surface area contributed by atoms with Crippen molar-refractivity contribution >= 4 is 5.76 Å². The second kappa shape index (κ2) is 5.62. The van der Waals surface area contributed by atoms with E-state index < -0.39 is 0 Å². The highest BCUT2D eigenvalue weighted by atomic mass is 16.5. The van der Waals surface area contributed by atoms with Crippen LogP contribution in [0, 0.1) is 6.92 Å². The number of hydrogen-bond acceptors (Lipinski definition) is 3. The molecule has 1 aromatic rings.